The van der Waals surface area contributed by atoms with Crippen LogP contribution in [0.1, 0.15) is 37.3 Å². The highest BCUT2D eigenvalue weighted by atomic mass is 16.2. The molecule has 1 N–H and O–H groups in total. The van der Waals surface area contributed by atoms with E-state index in [4.69, 9.17) is 0 Å². The van der Waals surface area contributed by atoms with Crippen LogP contribution >= 0.6 is 0 Å². The Bertz CT molecular complexity index is 577. The van der Waals surface area contributed by atoms with Crippen LogP contribution in [0.4, 0.5) is 4.79 Å². The Hall–Kier alpha value is -1.59. The van der Waals surface area contributed by atoms with Crippen LogP contribution in [0.5, 0.6) is 0 Å². The van der Waals surface area contributed by atoms with Crippen molar-refractivity contribution < 1.29 is 4.79 Å². The second-order valence-corrected chi connectivity index (χ2v) is 7.80. The quantitative estimate of drug-likeness (QED) is 0.850. The van der Waals surface area contributed by atoms with E-state index >= 15 is 0 Å². The van der Waals surface area contributed by atoms with Crippen LogP contribution in [-0.4, -0.2) is 72.6 Å². The van der Waals surface area contributed by atoms with Crippen molar-refractivity contribution in [3.05, 3.63) is 35.4 Å². The predicted molar refractivity (Wildman–Crippen MR) is 106 cm³/mol. The molecule has 26 heavy (non-hydrogen) atoms. The van der Waals surface area contributed by atoms with Gasteiger partial charge in [-0.2, -0.15) is 0 Å². The largest absolute Gasteiger partial charge is 0.338 e. The maximum Gasteiger partial charge on any atom is 0.317 e. The molecule has 144 valence electrons. The van der Waals surface area contributed by atoms with Crippen LogP contribution < -0.4 is 5.32 Å². The zero-order chi connectivity index (χ0) is 18.4. The van der Waals surface area contributed by atoms with Gasteiger partial charge in [-0.25, -0.2) is 4.79 Å². The predicted octanol–water partition coefficient (Wildman–Crippen LogP) is 2.70. The topological polar surface area (TPSA) is 38.8 Å². The molecule has 0 radical (unpaired) electrons. The monoisotopic (exact) mass is 358 g/mol. The molecule has 1 aromatic carbocycles. The smallest absolute Gasteiger partial charge is 0.317 e. The number of carbonyl (C=O) groups is 1. The number of amides is 2. The minimum atomic E-state index is 0.106. The fourth-order valence-corrected chi connectivity index (χ4v) is 4.00. The first kappa shape index (κ1) is 19.2. The molecule has 0 aliphatic carbocycles. The normalized spacial score (nSPS) is 20.3. The van der Waals surface area contributed by atoms with Gasteiger partial charge in [-0.15, -0.1) is 0 Å². The van der Waals surface area contributed by atoms with Crippen LogP contribution in [-0.2, 0) is 6.54 Å². The maximum atomic E-state index is 12.4. The number of piperazine rings is 1. The molecule has 5 heteroatoms. The van der Waals surface area contributed by atoms with Gasteiger partial charge in [0.15, 0.2) is 0 Å². The Balaban J connectivity index is 1.35. The molecule has 5 nitrogen and oxygen atoms in total. The van der Waals surface area contributed by atoms with E-state index in [9.17, 15) is 4.79 Å². The molecule has 3 rings (SSSR count). The molecule has 2 aliphatic rings. The Morgan fingerprint density at radius 2 is 1.77 bits per heavy atom. The summed E-state index contributed by atoms with van der Waals surface area (Å²) in [4.78, 5) is 19.4. The van der Waals surface area contributed by atoms with Crippen LogP contribution in [0.3, 0.4) is 0 Å². The molecule has 2 aliphatic heterocycles. The van der Waals surface area contributed by atoms with Gasteiger partial charge in [0, 0.05) is 45.3 Å². The standard InChI is InChI=1S/C21H34N4O/c1-18-7-3-4-8-20(18)17-23-13-15-25(16-14-23)21(26)22-10-9-19(2)24-11-5-6-12-24/h3-4,7-8,19H,5-6,9-17H2,1-2H3,(H,22,26)/t19-/m1/s1. The molecular weight excluding hydrogens is 324 g/mol. The van der Waals surface area contributed by atoms with Crippen LogP contribution in [0.25, 0.3) is 0 Å². The van der Waals surface area contributed by atoms with Gasteiger partial charge in [-0.3, -0.25) is 4.90 Å². The van der Waals surface area contributed by atoms with E-state index in [0.717, 1.165) is 45.7 Å². The van der Waals surface area contributed by atoms with Crippen molar-refractivity contribution in [2.75, 3.05) is 45.8 Å². The molecule has 1 aromatic rings. The Labute approximate surface area is 158 Å². The number of hydrogen-bond acceptors (Lipinski definition) is 3. The van der Waals surface area contributed by atoms with E-state index in [-0.39, 0.29) is 6.03 Å². The van der Waals surface area contributed by atoms with Crippen molar-refractivity contribution in [2.24, 2.45) is 0 Å². The third-order valence-corrected chi connectivity index (χ3v) is 5.92. The van der Waals surface area contributed by atoms with Gasteiger partial charge in [0.25, 0.3) is 0 Å². The number of benzene rings is 1. The highest BCUT2D eigenvalue weighted by Gasteiger charge is 2.22. The molecule has 0 saturated carbocycles. The average molecular weight is 359 g/mol. The molecule has 0 aromatic heterocycles. The molecule has 0 bridgehead atoms. The van der Waals surface area contributed by atoms with Gasteiger partial charge in [0.05, 0.1) is 0 Å². The van der Waals surface area contributed by atoms with Crippen LogP contribution in [0, 0.1) is 6.92 Å². The summed E-state index contributed by atoms with van der Waals surface area (Å²) in [7, 11) is 0. The number of carbonyl (C=O) groups excluding carboxylic acids is 1. The van der Waals surface area contributed by atoms with Crippen molar-refractivity contribution in [2.45, 2.75) is 45.7 Å². The summed E-state index contributed by atoms with van der Waals surface area (Å²) in [5.41, 5.74) is 2.74. The molecule has 2 heterocycles. The van der Waals surface area contributed by atoms with Gasteiger partial charge < -0.3 is 15.1 Å². The number of rotatable bonds is 6. The number of nitrogens with zero attached hydrogens (tertiary/aromatic N) is 3. The fraction of sp³-hybridized carbons (Fsp3) is 0.667. The summed E-state index contributed by atoms with van der Waals surface area (Å²) in [5.74, 6) is 0. The third-order valence-electron chi connectivity index (χ3n) is 5.92. The minimum absolute atomic E-state index is 0.106. The lowest BCUT2D eigenvalue weighted by Gasteiger charge is -2.35. The van der Waals surface area contributed by atoms with Crippen molar-refractivity contribution in [3.8, 4) is 0 Å². The highest BCUT2D eigenvalue weighted by Crippen LogP contribution is 2.14. The highest BCUT2D eigenvalue weighted by molar-refractivity contribution is 5.74. The lowest BCUT2D eigenvalue weighted by atomic mass is 10.1. The van der Waals surface area contributed by atoms with Gasteiger partial charge >= 0.3 is 6.03 Å². The SMILES string of the molecule is Cc1ccccc1CN1CCN(C(=O)NCC[C@@H](C)N2CCCC2)CC1. The minimum Gasteiger partial charge on any atom is -0.338 e. The summed E-state index contributed by atoms with van der Waals surface area (Å²) in [6, 6.07) is 9.25. The fourth-order valence-electron chi connectivity index (χ4n) is 4.00. The molecule has 2 saturated heterocycles. The van der Waals surface area contributed by atoms with Gasteiger partial charge in [-0.05, 0) is 57.3 Å². The summed E-state index contributed by atoms with van der Waals surface area (Å²) in [6.07, 6.45) is 3.69. The summed E-state index contributed by atoms with van der Waals surface area (Å²) >= 11 is 0. The zero-order valence-corrected chi connectivity index (χ0v) is 16.4. The second-order valence-electron chi connectivity index (χ2n) is 7.80. The van der Waals surface area contributed by atoms with E-state index < -0.39 is 0 Å². The van der Waals surface area contributed by atoms with Crippen molar-refractivity contribution in [1.82, 2.24) is 20.0 Å². The maximum absolute atomic E-state index is 12.4. The summed E-state index contributed by atoms with van der Waals surface area (Å²) < 4.78 is 0. The van der Waals surface area contributed by atoms with Crippen molar-refractivity contribution in [3.63, 3.8) is 0 Å². The summed E-state index contributed by atoms with van der Waals surface area (Å²) in [5, 5.41) is 3.12. The Morgan fingerprint density at radius 1 is 1.08 bits per heavy atom. The van der Waals surface area contributed by atoms with Gasteiger partial charge in [0.1, 0.15) is 0 Å². The van der Waals surface area contributed by atoms with Crippen LogP contribution in [0.15, 0.2) is 24.3 Å². The van der Waals surface area contributed by atoms with Crippen LogP contribution in [0.2, 0.25) is 0 Å². The first-order valence-corrected chi connectivity index (χ1v) is 10.2. The first-order valence-electron chi connectivity index (χ1n) is 10.2. The Morgan fingerprint density at radius 3 is 2.46 bits per heavy atom. The molecule has 2 amide bonds. The van der Waals surface area contributed by atoms with Crippen molar-refractivity contribution in [1.29, 1.82) is 0 Å². The van der Waals surface area contributed by atoms with Crippen molar-refractivity contribution >= 4 is 6.03 Å². The molecule has 1 atom stereocenters. The second kappa shape index (κ2) is 9.38. The average Bonchev–Trinajstić information content (AvgIpc) is 3.19. The van der Waals surface area contributed by atoms with Gasteiger partial charge in [0.2, 0.25) is 0 Å². The summed E-state index contributed by atoms with van der Waals surface area (Å²) in [6.45, 7) is 12.2. The lowest BCUT2D eigenvalue weighted by Crippen LogP contribution is -2.51. The van der Waals surface area contributed by atoms with E-state index in [0.29, 0.717) is 6.04 Å². The molecule has 0 spiro atoms. The lowest BCUT2D eigenvalue weighted by molar-refractivity contribution is 0.134. The number of urea groups is 1. The zero-order valence-electron chi connectivity index (χ0n) is 16.4. The van der Waals surface area contributed by atoms with E-state index in [1.54, 1.807) is 0 Å². The molecule has 0 unspecified atom stereocenters. The van der Waals surface area contributed by atoms with E-state index in [2.05, 4.69) is 53.2 Å². The molecule has 2 fully saturated rings. The number of nitrogens with one attached hydrogen (secondary N) is 1. The number of aryl methyl sites for hydroxylation is 1. The first-order chi connectivity index (χ1) is 12.6. The number of likely N-dealkylation sites (tertiary alicyclic amines) is 1. The van der Waals surface area contributed by atoms with E-state index in [1.807, 2.05) is 4.90 Å². The van der Waals surface area contributed by atoms with E-state index in [1.165, 1.54) is 37.1 Å². The molecular formula is C21H34N4O. The third kappa shape index (κ3) is 5.21. The Kier molecular flexibility index (Phi) is 6.92. The number of hydrogen-bond donors (Lipinski definition) is 1. The van der Waals surface area contributed by atoms with Gasteiger partial charge in [-0.1, -0.05) is 24.3 Å².